The summed E-state index contributed by atoms with van der Waals surface area (Å²) >= 11 is 0. The third-order valence-electron chi connectivity index (χ3n) is 3.48. The van der Waals surface area contributed by atoms with E-state index >= 15 is 0 Å². The van der Waals surface area contributed by atoms with Crippen LogP contribution in [-0.4, -0.2) is 4.92 Å². The normalized spacial score (nSPS) is 19.7. The molecule has 8 heteroatoms. The van der Waals surface area contributed by atoms with Gasteiger partial charge >= 0.3 is 6.18 Å². The highest BCUT2D eigenvalue weighted by molar-refractivity contribution is 5.51. The van der Waals surface area contributed by atoms with Crippen LogP contribution in [0.15, 0.2) is 42.5 Å². The van der Waals surface area contributed by atoms with Crippen LogP contribution in [-0.2, 0) is 12.0 Å². The lowest BCUT2D eigenvalue weighted by molar-refractivity contribution is -0.384. The van der Waals surface area contributed by atoms with Gasteiger partial charge in [-0.25, -0.2) is 0 Å². The number of alkyl halides is 3. The van der Waals surface area contributed by atoms with Gasteiger partial charge in [0.05, 0.1) is 16.6 Å². The Morgan fingerprint density at radius 1 is 1.04 bits per heavy atom. The van der Waals surface area contributed by atoms with E-state index in [9.17, 15) is 23.3 Å². The van der Waals surface area contributed by atoms with E-state index in [-0.39, 0.29) is 17.2 Å². The number of hydrogen-bond acceptors (Lipinski definition) is 4. The number of nitro groups is 1. The summed E-state index contributed by atoms with van der Waals surface area (Å²) in [5.41, 5.74) is -0.579. The molecule has 0 aliphatic carbocycles. The average Bonchev–Trinajstić information content (AvgIpc) is 2.83. The van der Waals surface area contributed by atoms with E-state index in [1.54, 1.807) is 0 Å². The highest BCUT2D eigenvalue weighted by atomic mass is 19.4. The highest BCUT2D eigenvalue weighted by Gasteiger charge is 2.40. The van der Waals surface area contributed by atoms with Crippen LogP contribution in [0.2, 0.25) is 0 Å². The van der Waals surface area contributed by atoms with E-state index in [0.717, 1.165) is 12.1 Å². The Morgan fingerprint density at radius 3 is 2.22 bits per heavy atom. The standard InChI is InChI=1S/C15H10F3NO4/c1-14(9-2-4-10(5-3-9)15(16,17)18)22-12-7-6-11(19(20)21)8-13(12)23-14/h2-8H,1H3. The Hall–Kier alpha value is -2.77. The van der Waals surface area contributed by atoms with E-state index in [4.69, 9.17) is 9.47 Å². The monoisotopic (exact) mass is 325 g/mol. The van der Waals surface area contributed by atoms with E-state index in [2.05, 4.69) is 0 Å². The lowest BCUT2D eigenvalue weighted by Crippen LogP contribution is -2.31. The molecule has 0 amide bonds. The van der Waals surface area contributed by atoms with Crippen molar-refractivity contribution in [2.45, 2.75) is 18.9 Å². The van der Waals surface area contributed by atoms with Gasteiger partial charge in [-0.1, -0.05) is 12.1 Å². The summed E-state index contributed by atoms with van der Waals surface area (Å²) in [6.07, 6.45) is -4.43. The molecule has 0 spiro atoms. The second-order valence-corrected chi connectivity index (χ2v) is 5.11. The quantitative estimate of drug-likeness (QED) is 0.611. The van der Waals surface area contributed by atoms with Crippen molar-refractivity contribution in [1.82, 2.24) is 0 Å². The Labute approximate surface area is 128 Å². The summed E-state index contributed by atoms with van der Waals surface area (Å²) in [6, 6.07) is 8.23. The number of ether oxygens (including phenoxy) is 2. The van der Waals surface area contributed by atoms with Crippen molar-refractivity contribution in [1.29, 1.82) is 0 Å². The van der Waals surface area contributed by atoms with Gasteiger partial charge in [-0.3, -0.25) is 10.1 Å². The molecular formula is C15H10F3NO4. The van der Waals surface area contributed by atoms with Crippen molar-refractivity contribution < 1.29 is 27.6 Å². The van der Waals surface area contributed by atoms with E-state index < -0.39 is 22.5 Å². The molecule has 0 saturated heterocycles. The predicted octanol–water partition coefficient (Wildman–Crippen LogP) is 4.26. The third-order valence-corrected chi connectivity index (χ3v) is 3.48. The smallest absolute Gasteiger partial charge is 0.416 e. The molecule has 1 heterocycles. The van der Waals surface area contributed by atoms with Crippen LogP contribution in [0.3, 0.4) is 0 Å². The van der Waals surface area contributed by atoms with Crippen molar-refractivity contribution in [3.63, 3.8) is 0 Å². The highest BCUT2D eigenvalue weighted by Crippen LogP contribution is 2.45. The maximum absolute atomic E-state index is 12.6. The second kappa shape index (κ2) is 4.87. The zero-order valence-electron chi connectivity index (χ0n) is 11.8. The fourth-order valence-electron chi connectivity index (χ4n) is 2.29. The van der Waals surface area contributed by atoms with Crippen molar-refractivity contribution >= 4 is 5.69 Å². The molecule has 120 valence electrons. The zero-order chi connectivity index (χ0) is 16.8. The van der Waals surface area contributed by atoms with Gasteiger partial charge in [-0.2, -0.15) is 13.2 Å². The largest absolute Gasteiger partial charge is 0.445 e. The fraction of sp³-hybridized carbons (Fsp3) is 0.200. The van der Waals surface area contributed by atoms with Gasteiger partial charge in [0, 0.05) is 18.6 Å². The van der Waals surface area contributed by atoms with Gasteiger partial charge in [0.1, 0.15) is 0 Å². The molecule has 0 aromatic heterocycles. The van der Waals surface area contributed by atoms with E-state index in [1.165, 1.54) is 37.3 Å². The Balaban J connectivity index is 1.91. The van der Waals surface area contributed by atoms with Gasteiger partial charge in [-0.05, 0) is 18.2 Å². The molecule has 2 aromatic carbocycles. The van der Waals surface area contributed by atoms with Gasteiger partial charge < -0.3 is 9.47 Å². The first-order chi connectivity index (χ1) is 10.7. The van der Waals surface area contributed by atoms with E-state index in [0.29, 0.717) is 5.56 Å². The number of rotatable bonds is 2. The van der Waals surface area contributed by atoms with Crippen LogP contribution in [0.4, 0.5) is 18.9 Å². The van der Waals surface area contributed by atoms with Gasteiger partial charge in [0.15, 0.2) is 11.5 Å². The lowest BCUT2D eigenvalue weighted by Gasteiger charge is -2.23. The molecule has 2 aromatic rings. The molecule has 5 nitrogen and oxygen atoms in total. The predicted molar refractivity (Wildman–Crippen MR) is 73.1 cm³/mol. The van der Waals surface area contributed by atoms with Crippen molar-refractivity contribution in [2.75, 3.05) is 0 Å². The van der Waals surface area contributed by atoms with Crippen LogP contribution in [0, 0.1) is 10.1 Å². The third kappa shape index (κ3) is 2.67. The Kier molecular flexibility index (Phi) is 3.20. The summed E-state index contributed by atoms with van der Waals surface area (Å²) in [6.45, 7) is 1.53. The van der Waals surface area contributed by atoms with Crippen LogP contribution in [0.1, 0.15) is 18.1 Å². The van der Waals surface area contributed by atoms with Gasteiger partial charge in [0.25, 0.3) is 11.5 Å². The molecular weight excluding hydrogens is 315 g/mol. The number of fused-ring (bicyclic) bond motifs is 1. The molecule has 3 rings (SSSR count). The van der Waals surface area contributed by atoms with Crippen molar-refractivity contribution in [3.8, 4) is 11.5 Å². The van der Waals surface area contributed by atoms with Crippen molar-refractivity contribution in [3.05, 3.63) is 63.7 Å². The number of hydrogen-bond donors (Lipinski definition) is 0. The Bertz CT molecular complexity index is 773. The van der Waals surface area contributed by atoms with Crippen LogP contribution in [0.25, 0.3) is 0 Å². The van der Waals surface area contributed by atoms with Gasteiger partial charge in [0.2, 0.25) is 0 Å². The first kappa shape index (κ1) is 15.1. The molecule has 0 fully saturated rings. The Morgan fingerprint density at radius 2 is 1.65 bits per heavy atom. The number of nitrogens with zero attached hydrogens (tertiary/aromatic N) is 1. The van der Waals surface area contributed by atoms with Crippen LogP contribution in [0.5, 0.6) is 11.5 Å². The summed E-state index contributed by atoms with van der Waals surface area (Å²) in [5.74, 6) is -0.888. The summed E-state index contributed by atoms with van der Waals surface area (Å²) in [7, 11) is 0. The lowest BCUT2D eigenvalue weighted by atomic mass is 10.1. The maximum Gasteiger partial charge on any atom is 0.416 e. The topological polar surface area (TPSA) is 61.6 Å². The molecule has 1 unspecified atom stereocenters. The molecule has 0 saturated carbocycles. The number of nitro benzene ring substituents is 1. The van der Waals surface area contributed by atoms with Crippen LogP contribution < -0.4 is 9.47 Å². The minimum Gasteiger partial charge on any atom is -0.445 e. The van der Waals surface area contributed by atoms with Crippen LogP contribution >= 0.6 is 0 Å². The molecule has 0 bridgehead atoms. The summed E-state index contributed by atoms with van der Waals surface area (Å²) in [5, 5.41) is 10.8. The molecule has 1 aliphatic rings. The average molecular weight is 325 g/mol. The second-order valence-electron chi connectivity index (χ2n) is 5.11. The summed E-state index contributed by atoms with van der Waals surface area (Å²) in [4.78, 5) is 10.2. The summed E-state index contributed by atoms with van der Waals surface area (Å²) < 4.78 is 49.0. The zero-order valence-corrected chi connectivity index (χ0v) is 11.8. The molecule has 1 aliphatic heterocycles. The molecule has 0 radical (unpaired) electrons. The van der Waals surface area contributed by atoms with Gasteiger partial charge in [-0.15, -0.1) is 0 Å². The molecule has 0 N–H and O–H groups in total. The number of non-ortho nitro benzene ring substituents is 1. The van der Waals surface area contributed by atoms with Crippen molar-refractivity contribution in [2.24, 2.45) is 0 Å². The minimum atomic E-state index is -4.43. The fourth-order valence-corrected chi connectivity index (χ4v) is 2.29. The molecule has 23 heavy (non-hydrogen) atoms. The number of halogens is 3. The number of benzene rings is 2. The first-order valence-electron chi connectivity index (χ1n) is 6.53. The SMILES string of the molecule is CC1(c2ccc(C(F)(F)F)cc2)Oc2ccc([N+](=O)[O-])cc2O1. The minimum absolute atomic E-state index is 0.163. The maximum atomic E-state index is 12.6. The van der Waals surface area contributed by atoms with E-state index in [1.807, 2.05) is 0 Å². The first-order valence-corrected chi connectivity index (χ1v) is 6.53. The molecule has 1 atom stereocenters.